The Morgan fingerprint density at radius 3 is 2.73 bits per heavy atom. The molecule has 0 bridgehead atoms. The van der Waals surface area contributed by atoms with Gasteiger partial charge in [0.25, 0.3) is 0 Å². The van der Waals surface area contributed by atoms with E-state index >= 15 is 0 Å². The van der Waals surface area contributed by atoms with Gasteiger partial charge in [0, 0.05) is 24.2 Å². The van der Waals surface area contributed by atoms with Crippen molar-refractivity contribution in [3.8, 4) is 11.8 Å². The Morgan fingerprint density at radius 2 is 2.09 bits per heavy atom. The van der Waals surface area contributed by atoms with Crippen LogP contribution >= 0.6 is 0 Å². The summed E-state index contributed by atoms with van der Waals surface area (Å²) < 4.78 is 5.22. The minimum atomic E-state index is -0.329. The van der Waals surface area contributed by atoms with Crippen LogP contribution in [0.25, 0.3) is 0 Å². The van der Waals surface area contributed by atoms with Gasteiger partial charge in [-0.15, -0.1) is 0 Å². The van der Waals surface area contributed by atoms with Crippen LogP contribution in [-0.4, -0.2) is 12.9 Å². The molecule has 1 saturated carbocycles. The third-order valence-corrected chi connectivity index (χ3v) is 5.46. The lowest BCUT2D eigenvalue weighted by molar-refractivity contribution is -0.125. The Morgan fingerprint density at radius 1 is 1.36 bits per heavy atom. The van der Waals surface area contributed by atoms with E-state index in [0.29, 0.717) is 24.5 Å². The normalized spacial score (nSPS) is 30.4. The average Bonchev–Trinajstić information content (AvgIpc) is 2.84. The van der Waals surface area contributed by atoms with E-state index in [1.54, 1.807) is 7.11 Å². The topological polar surface area (TPSA) is 50.1 Å². The zero-order chi connectivity index (χ0) is 15.7. The first-order valence-corrected chi connectivity index (χ1v) is 7.85. The SMILES string of the molecule is COc1ccc([C@H]2CC[C@]3(C)C(=O)CC=C3[C@@H]2CC#N)cc1. The van der Waals surface area contributed by atoms with E-state index in [4.69, 9.17) is 4.74 Å². The maximum absolute atomic E-state index is 12.3. The molecule has 2 aliphatic carbocycles. The van der Waals surface area contributed by atoms with Gasteiger partial charge in [-0.3, -0.25) is 4.79 Å². The summed E-state index contributed by atoms with van der Waals surface area (Å²) in [4.78, 5) is 12.3. The molecular weight excluding hydrogens is 274 g/mol. The second-order valence-electron chi connectivity index (χ2n) is 6.51. The van der Waals surface area contributed by atoms with E-state index in [1.807, 2.05) is 12.1 Å². The van der Waals surface area contributed by atoms with Crippen LogP contribution in [0.2, 0.25) is 0 Å². The second-order valence-corrected chi connectivity index (χ2v) is 6.51. The van der Waals surface area contributed by atoms with Crippen LogP contribution in [0.4, 0.5) is 0 Å². The van der Waals surface area contributed by atoms with Gasteiger partial charge in [-0.25, -0.2) is 0 Å². The zero-order valence-corrected chi connectivity index (χ0v) is 13.1. The van der Waals surface area contributed by atoms with E-state index in [0.717, 1.165) is 18.6 Å². The van der Waals surface area contributed by atoms with Crippen LogP contribution < -0.4 is 4.74 Å². The molecule has 1 fully saturated rings. The molecule has 2 aliphatic rings. The first-order chi connectivity index (χ1) is 10.6. The number of carbonyl (C=O) groups excluding carboxylic acids is 1. The highest BCUT2D eigenvalue weighted by atomic mass is 16.5. The number of hydrogen-bond donors (Lipinski definition) is 0. The van der Waals surface area contributed by atoms with Crippen molar-refractivity contribution in [1.82, 2.24) is 0 Å². The van der Waals surface area contributed by atoms with Crippen molar-refractivity contribution >= 4 is 5.78 Å². The number of methoxy groups -OCH3 is 1. The molecule has 1 aromatic carbocycles. The van der Waals surface area contributed by atoms with Gasteiger partial charge in [0.05, 0.1) is 13.2 Å². The smallest absolute Gasteiger partial charge is 0.146 e. The summed E-state index contributed by atoms with van der Waals surface area (Å²) in [5.41, 5.74) is 2.11. The molecule has 22 heavy (non-hydrogen) atoms. The maximum Gasteiger partial charge on any atom is 0.146 e. The number of nitrogens with zero attached hydrogens (tertiary/aromatic N) is 1. The monoisotopic (exact) mass is 295 g/mol. The molecule has 0 amide bonds. The molecule has 0 unspecified atom stereocenters. The van der Waals surface area contributed by atoms with Gasteiger partial charge in [-0.05, 0) is 43.4 Å². The minimum absolute atomic E-state index is 0.156. The third kappa shape index (κ3) is 2.23. The third-order valence-electron chi connectivity index (χ3n) is 5.46. The van der Waals surface area contributed by atoms with Crippen LogP contribution in [0.15, 0.2) is 35.9 Å². The Labute approximate surface area is 131 Å². The zero-order valence-electron chi connectivity index (χ0n) is 13.1. The van der Waals surface area contributed by atoms with Crippen LogP contribution in [0.3, 0.4) is 0 Å². The molecular formula is C19H21NO2. The number of hydrogen-bond acceptors (Lipinski definition) is 3. The largest absolute Gasteiger partial charge is 0.497 e. The molecule has 0 saturated heterocycles. The summed E-state index contributed by atoms with van der Waals surface area (Å²) >= 11 is 0. The molecule has 0 heterocycles. The molecule has 1 aromatic rings. The van der Waals surface area contributed by atoms with E-state index in [2.05, 4.69) is 31.2 Å². The molecule has 0 aromatic heterocycles. The fraction of sp³-hybridized carbons (Fsp3) is 0.474. The lowest BCUT2D eigenvalue weighted by atomic mass is 9.61. The number of Topliss-reactive ketones (excluding diaryl/α,β-unsaturated/α-hetero) is 1. The lowest BCUT2D eigenvalue weighted by Crippen LogP contribution is -2.36. The highest BCUT2D eigenvalue weighted by molar-refractivity contribution is 5.92. The van der Waals surface area contributed by atoms with E-state index in [9.17, 15) is 10.1 Å². The molecule has 0 N–H and O–H groups in total. The first-order valence-electron chi connectivity index (χ1n) is 7.85. The summed E-state index contributed by atoms with van der Waals surface area (Å²) in [5.74, 6) is 1.63. The molecule has 3 nitrogen and oxygen atoms in total. The van der Waals surface area contributed by atoms with E-state index < -0.39 is 0 Å². The summed E-state index contributed by atoms with van der Waals surface area (Å²) in [6.45, 7) is 2.06. The van der Waals surface area contributed by atoms with Crippen LogP contribution in [-0.2, 0) is 4.79 Å². The van der Waals surface area contributed by atoms with Crippen LogP contribution in [0.1, 0.15) is 44.1 Å². The highest BCUT2D eigenvalue weighted by Gasteiger charge is 2.48. The number of benzene rings is 1. The van der Waals surface area contributed by atoms with E-state index in [1.165, 1.54) is 11.1 Å². The first kappa shape index (κ1) is 14.8. The molecule has 0 radical (unpaired) electrons. The van der Waals surface area contributed by atoms with Gasteiger partial charge in [0.15, 0.2) is 0 Å². The Balaban J connectivity index is 1.94. The molecule has 0 aliphatic heterocycles. The predicted octanol–water partition coefficient (Wildman–Crippen LogP) is 4.01. The number of nitriles is 1. The summed E-state index contributed by atoms with van der Waals surface area (Å²) in [7, 11) is 1.66. The van der Waals surface area contributed by atoms with Crippen LogP contribution in [0, 0.1) is 22.7 Å². The van der Waals surface area contributed by atoms with Crippen molar-refractivity contribution in [3.05, 3.63) is 41.5 Å². The van der Waals surface area contributed by atoms with Gasteiger partial charge in [-0.1, -0.05) is 23.8 Å². The number of allylic oxidation sites excluding steroid dienone is 2. The van der Waals surface area contributed by atoms with Crippen molar-refractivity contribution in [2.75, 3.05) is 7.11 Å². The predicted molar refractivity (Wildman–Crippen MR) is 84.5 cm³/mol. The summed E-state index contributed by atoms with van der Waals surface area (Å²) in [5, 5.41) is 9.25. The summed E-state index contributed by atoms with van der Waals surface area (Å²) in [6.07, 6.45) is 4.93. The van der Waals surface area contributed by atoms with Gasteiger partial charge in [0.1, 0.15) is 11.5 Å². The molecule has 114 valence electrons. The molecule has 0 spiro atoms. The Hall–Kier alpha value is -2.08. The minimum Gasteiger partial charge on any atom is -0.497 e. The number of fused-ring (bicyclic) bond motifs is 1. The fourth-order valence-electron chi connectivity index (χ4n) is 4.12. The van der Waals surface area contributed by atoms with Crippen molar-refractivity contribution in [2.45, 2.75) is 38.5 Å². The number of ether oxygens (including phenoxy) is 1. The number of ketones is 1. The Bertz CT molecular complexity index is 653. The average molecular weight is 295 g/mol. The van der Waals surface area contributed by atoms with Gasteiger partial charge in [-0.2, -0.15) is 5.26 Å². The standard InChI is InChI=1S/C19H21NO2/c1-19-11-9-15(13-3-5-14(22-2)6-4-13)16(10-12-20)17(19)7-8-18(19)21/h3-7,15-16H,8-11H2,1-2H3/t15-,16-,19+/m1/s1. The van der Waals surface area contributed by atoms with Crippen LogP contribution in [0.5, 0.6) is 5.75 Å². The van der Waals surface area contributed by atoms with Gasteiger partial charge >= 0.3 is 0 Å². The second kappa shape index (κ2) is 5.61. The Kier molecular flexibility index (Phi) is 3.78. The maximum atomic E-state index is 12.3. The van der Waals surface area contributed by atoms with Crippen molar-refractivity contribution in [2.24, 2.45) is 11.3 Å². The molecule has 3 atom stereocenters. The number of rotatable bonds is 3. The quantitative estimate of drug-likeness (QED) is 0.792. The highest BCUT2D eigenvalue weighted by Crippen LogP contribution is 2.54. The van der Waals surface area contributed by atoms with Gasteiger partial charge in [0.2, 0.25) is 0 Å². The number of carbonyl (C=O) groups is 1. The summed E-state index contributed by atoms with van der Waals surface area (Å²) in [6, 6.07) is 10.5. The van der Waals surface area contributed by atoms with Crippen molar-refractivity contribution < 1.29 is 9.53 Å². The van der Waals surface area contributed by atoms with Crippen molar-refractivity contribution in [1.29, 1.82) is 5.26 Å². The molecule has 3 rings (SSSR count). The van der Waals surface area contributed by atoms with E-state index in [-0.39, 0.29) is 11.3 Å². The fourth-order valence-corrected chi connectivity index (χ4v) is 4.12. The molecule has 3 heteroatoms. The lowest BCUT2D eigenvalue weighted by Gasteiger charge is -2.41. The van der Waals surface area contributed by atoms with Crippen molar-refractivity contribution in [3.63, 3.8) is 0 Å². The van der Waals surface area contributed by atoms with Gasteiger partial charge < -0.3 is 4.74 Å².